The lowest BCUT2D eigenvalue weighted by Gasteiger charge is -2.33. The molecule has 0 saturated heterocycles. The summed E-state index contributed by atoms with van der Waals surface area (Å²) in [5.41, 5.74) is 1.49. The van der Waals surface area contributed by atoms with Gasteiger partial charge in [0.1, 0.15) is 22.5 Å². The molecule has 0 aromatic heterocycles. The van der Waals surface area contributed by atoms with Crippen LogP contribution in [0.1, 0.15) is 18.4 Å². The summed E-state index contributed by atoms with van der Waals surface area (Å²) in [4.78, 5) is 0. The largest absolute Gasteiger partial charge is 0.278 e. The van der Waals surface area contributed by atoms with Gasteiger partial charge in [-0.3, -0.25) is 5.01 Å². The van der Waals surface area contributed by atoms with Crippen molar-refractivity contribution in [3.8, 4) is 0 Å². The Morgan fingerprint density at radius 3 is 2.43 bits per heavy atom. The molecule has 0 spiro atoms. The van der Waals surface area contributed by atoms with Crippen LogP contribution in [0.5, 0.6) is 0 Å². The van der Waals surface area contributed by atoms with Crippen LogP contribution in [0.3, 0.4) is 0 Å². The Kier molecular flexibility index (Phi) is 4.81. The molecule has 21 heavy (non-hydrogen) atoms. The van der Waals surface area contributed by atoms with Gasteiger partial charge >= 0.3 is 0 Å². The molecule has 0 amide bonds. The summed E-state index contributed by atoms with van der Waals surface area (Å²) in [6.07, 6.45) is 1.02. The van der Waals surface area contributed by atoms with Gasteiger partial charge < -0.3 is 0 Å². The molecule has 116 valence electrons. The molecule has 3 nitrogen and oxygen atoms in total. The molecule has 0 atom stereocenters. The van der Waals surface area contributed by atoms with Crippen molar-refractivity contribution < 1.29 is 13.2 Å². The minimum absolute atomic E-state index is 0.0661. The number of alkyl halides is 1. The third kappa shape index (κ3) is 4.12. The number of hydrazine groups is 2. The fourth-order valence-electron chi connectivity index (χ4n) is 1.84. The van der Waals surface area contributed by atoms with Gasteiger partial charge in [-0.1, -0.05) is 24.2 Å². The highest BCUT2D eigenvalue weighted by Crippen LogP contribution is 2.38. The minimum Gasteiger partial charge on any atom is -0.278 e. The molecule has 0 heterocycles. The molecule has 1 fully saturated rings. The molecule has 0 aliphatic heterocycles. The van der Waals surface area contributed by atoms with Gasteiger partial charge in [0.15, 0.2) is 0 Å². The zero-order valence-electron chi connectivity index (χ0n) is 11.7. The highest BCUT2D eigenvalue weighted by atomic mass is 35.5. The predicted molar refractivity (Wildman–Crippen MR) is 75.7 cm³/mol. The molecule has 1 aliphatic rings. The van der Waals surface area contributed by atoms with Crippen LogP contribution in [0.15, 0.2) is 29.9 Å². The summed E-state index contributed by atoms with van der Waals surface area (Å²) in [6, 6.07) is 3.62. The summed E-state index contributed by atoms with van der Waals surface area (Å²) in [5.74, 6) is -1.34. The Hall–Kier alpha value is -1.24. The lowest BCUT2D eigenvalue weighted by Crippen LogP contribution is -2.49. The quantitative estimate of drug-likeness (QED) is 0.614. The number of rotatable bonds is 7. The van der Waals surface area contributed by atoms with E-state index in [4.69, 9.17) is 11.6 Å². The molecular formula is C14H17ClF3N3. The molecule has 1 aromatic rings. The first-order chi connectivity index (χ1) is 9.82. The number of hydrogen-bond acceptors (Lipinski definition) is 3. The smallest absolute Gasteiger partial charge is 0.131 e. The van der Waals surface area contributed by atoms with Gasteiger partial charge in [-0.2, -0.15) is 5.12 Å². The van der Waals surface area contributed by atoms with Crippen molar-refractivity contribution in [3.63, 3.8) is 0 Å². The number of nitrogens with one attached hydrogen (secondary N) is 1. The first kappa shape index (κ1) is 16.1. The highest BCUT2D eigenvalue weighted by Gasteiger charge is 2.43. The van der Waals surface area contributed by atoms with Gasteiger partial charge in [0.05, 0.1) is 6.54 Å². The van der Waals surface area contributed by atoms with Crippen molar-refractivity contribution in [2.45, 2.75) is 25.1 Å². The molecule has 0 bridgehead atoms. The molecule has 1 aliphatic carbocycles. The van der Waals surface area contributed by atoms with Gasteiger partial charge in [-0.15, -0.1) is 0 Å². The second-order valence-electron chi connectivity index (χ2n) is 5.14. The van der Waals surface area contributed by atoms with E-state index in [1.165, 1.54) is 28.3 Å². The van der Waals surface area contributed by atoms with Crippen molar-refractivity contribution >= 4 is 11.6 Å². The minimum atomic E-state index is -1.20. The van der Waals surface area contributed by atoms with E-state index in [0.717, 1.165) is 0 Å². The van der Waals surface area contributed by atoms with Crippen LogP contribution in [-0.2, 0) is 6.54 Å². The maximum atomic E-state index is 13.7. The third-order valence-corrected chi connectivity index (χ3v) is 3.62. The summed E-state index contributed by atoms with van der Waals surface area (Å²) in [5, 5.41) is 2.78. The van der Waals surface area contributed by atoms with Crippen molar-refractivity contribution in [3.05, 3.63) is 47.1 Å². The Morgan fingerprint density at radius 2 is 1.95 bits per heavy atom. The normalized spacial score (nSPS) is 16.1. The van der Waals surface area contributed by atoms with Crippen LogP contribution in [0.2, 0.25) is 0 Å². The maximum Gasteiger partial charge on any atom is 0.131 e. The van der Waals surface area contributed by atoms with Crippen molar-refractivity contribution in [1.29, 1.82) is 0 Å². The summed E-state index contributed by atoms with van der Waals surface area (Å²) in [6.45, 7) is 3.53. The number of halogens is 4. The first-order valence-corrected chi connectivity index (χ1v) is 6.91. The van der Waals surface area contributed by atoms with Crippen molar-refractivity contribution in [2.24, 2.45) is 0 Å². The van der Waals surface area contributed by atoms with E-state index in [0.29, 0.717) is 12.8 Å². The van der Waals surface area contributed by atoms with Crippen LogP contribution in [0.25, 0.3) is 0 Å². The third-order valence-electron chi connectivity index (χ3n) is 3.43. The molecule has 7 heteroatoms. The fourth-order valence-corrected chi connectivity index (χ4v) is 2.01. The lowest BCUT2D eigenvalue weighted by molar-refractivity contribution is -0.0233. The van der Waals surface area contributed by atoms with Crippen LogP contribution in [0.4, 0.5) is 13.2 Å². The predicted octanol–water partition coefficient (Wildman–Crippen LogP) is 3.33. The van der Waals surface area contributed by atoms with Gasteiger partial charge in [-0.05, 0) is 25.0 Å². The van der Waals surface area contributed by atoms with Crippen LogP contribution >= 0.6 is 11.6 Å². The number of hydrogen-bond donors (Lipinski definition) is 1. The van der Waals surface area contributed by atoms with Gasteiger partial charge in [0, 0.05) is 19.2 Å². The first-order valence-electron chi connectivity index (χ1n) is 6.53. The van der Waals surface area contributed by atoms with Gasteiger partial charge in [0.25, 0.3) is 0 Å². The van der Waals surface area contributed by atoms with Crippen molar-refractivity contribution in [2.75, 3.05) is 13.6 Å². The Labute approximate surface area is 126 Å². The Bertz CT molecular complexity index is 514. The summed E-state index contributed by atoms with van der Waals surface area (Å²) < 4.78 is 41.0. The second-order valence-corrected chi connectivity index (χ2v) is 5.58. The number of benzene rings is 1. The van der Waals surface area contributed by atoms with E-state index in [2.05, 4.69) is 12.0 Å². The number of nitrogens with zero attached hydrogens (tertiary/aromatic N) is 2. The van der Waals surface area contributed by atoms with E-state index < -0.39 is 17.3 Å². The molecular weight excluding hydrogens is 303 g/mol. The summed E-state index contributed by atoms with van der Waals surface area (Å²) in [7, 11) is 1.58. The fraction of sp³-hybridized carbons (Fsp3) is 0.429. The van der Waals surface area contributed by atoms with Crippen LogP contribution in [-0.4, -0.2) is 29.4 Å². The molecule has 2 rings (SSSR count). The molecule has 1 saturated carbocycles. The van der Waals surface area contributed by atoms with E-state index in [9.17, 15) is 13.2 Å². The van der Waals surface area contributed by atoms with E-state index in [-0.39, 0.29) is 23.8 Å². The zero-order valence-corrected chi connectivity index (χ0v) is 12.4. The second kappa shape index (κ2) is 6.25. The average Bonchev–Trinajstić information content (AvgIpc) is 3.14. The highest BCUT2D eigenvalue weighted by molar-refractivity contribution is 6.28. The SMILES string of the molecule is C=C(Cl)N(Cc1c(F)cccc1F)N(C)NCC1(F)CC1. The topological polar surface area (TPSA) is 18.5 Å². The van der Waals surface area contributed by atoms with Crippen molar-refractivity contribution in [1.82, 2.24) is 15.6 Å². The lowest BCUT2D eigenvalue weighted by atomic mass is 10.2. The van der Waals surface area contributed by atoms with E-state index in [1.807, 2.05) is 0 Å². The van der Waals surface area contributed by atoms with Crippen LogP contribution in [0, 0.1) is 11.6 Å². The van der Waals surface area contributed by atoms with E-state index in [1.54, 1.807) is 7.05 Å². The average molecular weight is 320 g/mol. The standard InChI is InChI=1S/C14H17ClF3N3/c1-10(15)21(20(2)19-9-14(18)6-7-14)8-11-12(16)4-3-5-13(11)17/h3-5,19H,1,6-9H2,2H3. The van der Waals surface area contributed by atoms with E-state index >= 15 is 0 Å². The van der Waals surface area contributed by atoms with Gasteiger partial charge in [-0.25, -0.2) is 18.6 Å². The molecule has 1 aromatic carbocycles. The Balaban J connectivity index is 2.06. The summed E-state index contributed by atoms with van der Waals surface area (Å²) >= 11 is 5.87. The molecule has 0 unspecified atom stereocenters. The van der Waals surface area contributed by atoms with Crippen LogP contribution < -0.4 is 5.43 Å². The zero-order chi connectivity index (χ0) is 15.6. The molecule has 0 radical (unpaired) electrons. The monoisotopic (exact) mass is 319 g/mol. The Morgan fingerprint density at radius 1 is 1.38 bits per heavy atom. The molecule has 1 N–H and O–H groups in total. The maximum absolute atomic E-state index is 13.7. The van der Waals surface area contributed by atoms with Gasteiger partial charge in [0.2, 0.25) is 0 Å².